The predicted octanol–water partition coefficient (Wildman–Crippen LogP) is 5.50. The molecule has 1 amide bonds. The number of pyridine rings is 1. The van der Waals surface area contributed by atoms with Crippen LogP contribution in [0.4, 0.5) is 9.18 Å². The Bertz CT molecular complexity index is 1960. The number of nitrogens with zero attached hydrogens (tertiary/aromatic N) is 8. The van der Waals surface area contributed by atoms with Crippen molar-refractivity contribution < 1.29 is 18.7 Å². The van der Waals surface area contributed by atoms with Gasteiger partial charge in [0.2, 0.25) is 5.91 Å². The number of imidazole rings is 1. The quantitative estimate of drug-likeness (QED) is 0.280. The summed E-state index contributed by atoms with van der Waals surface area (Å²) in [5, 5.41) is 11.9. The monoisotopic (exact) mass is 615 g/mol. The summed E-state index contributed by atoms with van der Waals surface area (Å²) in [4.78, 5) is 40.7. The molecular weight excluding hydrogens is 589 g/mol. The van der Waals surface area contributed by atoms with Crippen molar-refractivity contribution >= 4 is 40.1 Å². The van der Waals surface area contributed by atoms with Gasteiger partial charge in [0.15, 0.2) is 5.82 Å². The summed E-state index contributed by atoms with van der Waals surface area (Å²) in [5.41, 5.74) is 2.53. The average Bonchev–Trinajstić information content (AvgIpc) is 3.79. The van der Waals surface area contributed by atoms with Crippen LogP contribution in [0.5, 0.6) is 0 Å². The molecule has 1 N–H and O–H groups in total. The van der Waals surface area contributed by atoms with Crippen LogP contribution in [-0.4, -0.2) is 68.3 Å². The molecule has 2 aliphatic rings. The van der Waals surface area contributed by atoms with Crippen molar-refractivity contribution in [1.82, 2.24) is 44.6 Å². The molecule has 1 aromatic carbocycles. The van der Waals surface area contributed by atoms with Crippen molar-refractivity contribution in [2.24, 2.45) is 0 Å². The summed E-state index contributed by atoms with van der Waals surface area (Å²) in [6, 6.07) is 4.35. The van der Waals surface area contributed by atoms with Gasteiger partial charge in [0.25, 0.3) is 0 Å². The van der Waals surface area contributed by atoms with E-state index in [0.29, 0.717) is 47.6 Å². The van der Waals surface area contributed by atoms with E-state index in [9.17, 15) is 9.59 Å². The predicted molar refractivity (Wildman–Crippen MR) is 158 cm³/mol. The van der Waals surface area contributed by atoms with Crippen LogP contribution in [0.3, 0.4) is 0 Å². The highest BCUT2D eigenvalue weighted by Crippen LogP contribution is 2.44. The lowest BCUT2D eigenvalue weighted by atomic mass is 9.92. The normalized spacial score (nSPS) is 18.5. The summed E-state index contributed by atoms with van der Waals surface area (Å²) in [6.45, 7) is 5.44. The van der Waals surface area contributed by atoms with Crippen molar-refractivity contribution in [3.05, 3.63) is 77.6 Å². The highest BCUT2D eigenvalue weighted by atomic mass is 35.5. The van der Waals surface area contributed by atoms with Gasteiger partial charge in [-0.05, 0) is 74.2 Å². The van der Waals surface area contributed by atoms with Gasteiger partial charge in [0.1, 0.15) is 17.8 Å². The van der Waals surface area contributed by atoms with E-state index in [1.807, 2.05) is 20.8 Å². The summed E-state index contributed by atoms with van der Waals surface area (Å²) in [7, 11) is 0. The minimum atomic E-state index is -0.663. The van der Waals surface area contributed by atoms with Crippen LogP contribution in [0, 0.1) is 5.82 Å². The van der Waals surface area contributed by atoms with E-state index in [1.165, 1.54) is 27.7 Å². The van der Waals surface area contributed by atoms with Crippen molar-refractivity contribution in [1.29, 1.82) is 0 Å². The van der Waals surface area contributed by atoms with Gasteiger partial charge in [-0.25, -0.2) is 14.2 Å². The molecule has 6 heterocycles. The van der Waals surface area contributed by atoms with Gasteiger partial charge in [0.05, 0.1) is 34.2 Å². The molecule has 1 saturated heterocycles. The molecule has 5 aromatic rings. The molecule has 0 radical (unpaired) electrons. The summed E-state index contributed by atoms with van der Waals surface area (Å²) in [5.74, 6) is -0.250. The molecular formula is C30H27ClFN9O3. The molecule has 2 atom stereocenters. The Hall–Kier alpha value is -4.91. The van der Waals surface area contributed by atoms with Gasteiger partial charge in [-0.1, -0.05) is 11.6 Å². The van der Waals surface area contributed by atoms with Crippen molar-refractivity contribution in [2.75, 3.05) is 0 Å². The van der Waals surface area contributed by atoms with Crippen LogP contribution in [0.15, 0.2) is 55.4 Å². The maximum absolute atomic E-state index is 15.4. The topological polar surface area (TPSA) is 137 Å². The third kappa shape index (κ3) is 4.73. The van der Waals surface area contributed by atoms with Gasteiger partial charge in [-0.3, -0.25) is 14.3 Å². The smallest absolute Gasteiger partial charge is 0.419 e. The van der Waals surface area contributed by atoms with Crippen molar-refractivity contribution in [3.63, 3.8) is 0 Å². The molecule has 1 unspecified atom stereocenters. The van der Waals surface area contributed by atoms with E-state index in [4.69, 9.17) is 16.3 Å². The fourth-order valence-corrected chi connectivity index (χ4v) is 6.25. The van der Waals surface area contributed by atoms with E-state index >= 15 is 4.39 Å². The van der Waals surface area contributed by atoms with E-state index in [1.54, 1.807) is 41.8 Å². The number of nitrogens with one attached hydrogen (secondary N) is 1. The second-order valence-corrected chi connectivity index (χ2v) is 12.3. The first kappa shape index (κ1) is 27.9. The minimum absolute atomic E-state index is 0.0526. The van der Waals surface area contributed by atoms with Gasteiger partial charge in [0, 0.05) is 47.2 Å². The number of aromatic amines is 1. The summed E-state index contributed by atoms with van der Waals surface area (Å²) in [6.07, 6.45) is 10.8. The molecule has 7 rings (SSSR count). The molecule has 0 spiro atoms. The van der Waals surface area contributed by atoms with Gasteiger partial charge in [-0.15, -0.1) is 5.10 Å². The van der Waals surface area contributed by atoms with E-state index < -0.39 is 17.5 Å². The van der Waals surface area contributed by atoms with E-state index in [2.05, 4.69) is 30.5 Å². The van der Waals surface area contributed by atoms with Crippen LogP contribution in [0.1, 0.15) is 57.5 Å². The first-order chi connectivity index (χ1) is 21.1. The standard InChI is InChI=1S/C30H27ClFN9O3/c1-30(2,3)44-29(43)39-14-19(18-12-33-9-8-22(18)39)21-13-34-28(36-21)24-6-4-17-10-16(11-25(42)41(17)24)26-23(40-15-35-37-38-40)7-5-20(31)27(26)32/h5,7-9,11-15,17,24H,4,6,10H2,1-3H3,(H,34,36)/t17?,24-/m0/s1. The largest absolute Gasteiger partial charge is 0.443 e. The second-order valence-electron chi connectivity index (χ2n) is 11.8. The third-order valence-electron chi connectivity index (χ3n) is 7.90. The number of fused-ring (bicyclic) bond motifs is 2. The number of benzene rings is 1. The molecule has 1 fully saturated rings. The first-order valence-electron chi connectivity index (χ1n) is 14.1. The highest BCUT2D eigenvalue weighted by Gasteiger charge is 2.42. The number of rotatable bonds is 4. The molecule has 224 valence electrons. The molecule has 44 heavy (non-hydrogen) atoms. The number of halogens is 2. The maximum Gasteiger partial charge on any atom is 0.419 e. The average molecular weight is 616 g/mol. The third-order valence-corrected chi connectivity index (χ3v) is 8.19. The number of hydrogen-bond acceptors (Lipinski definition) is 8. The van der Waals surface area contributed by atoms with Crippen LogP contribution in [0.2, 0.25) is 5.02 Å². The minimum Gasteiger partial charge on any atom is -0.443 e. The Morgan fingerprint density at radius 2 is 2.02 bits per heavy atom. The molecule has 0 saturated carbocycles. The lowest BCUT2D eigenvalue weighted by Gasteiger charge is -2.33. The lowest BCUT2D eigenvalue weighted by molar-refractivity contribution is -0.129. The van der Waals surface area contributed by atoms with Crippen LogP contribution >= 0.6 is 11.6 Å². The maximum atomic E-state index is 15.4. The zero-order valence-corrected chi connectivity index (χ0v) is 24.8. The molecule has 12 nitrogen and oxygen atoms in total. The van der Waals surface area contributed by atoms with E-state index in [-0.39, 0.29) is 28.6 Å². The SMILES string of the molecule is CC(C)(C)OC(=O)n1cc(-c2cnc([C@@H]3CCC4CC(c5c(-n6cnnn6)ccc(Cl)c5F)=CC(=O)N43)[nH]2)c2cnccc21. The van der Waals surface area contributed by atoms with Gasteiger partial charge >= 0.3 is 6.09 Å². The number of carbonyl (C=O) groups is 2. The number of tetrazole rings is 1. The molecule has 14 heteroatoms. The number of ether oxygens (including phenoxy) is 1. The number of amides is 1. The molecule has 0 bridgehead atoms. The molecule has 2 aliphatic heterocycles. The number of hydrogen-bond donors (Lipinski definition) is 1. The summed E-state index contributed by atoms with van der Waals surface area (Å²) < 4.78 is 23.8. The number of carbonyl (C=O) groups excluding carboxylic acids is 2. The number of aromatic nitrogens is 8. The highest BCUT2D eigenvalue weighted by molar-refractivity contribution is 6.31. The lowest BCUT2D eigenvalue weighted by Crippen LogP contribution is -2.39. The fourth-order valence-electron chi connectivity index (χ4n) is 6.10. The van der Waals surface area contributed by atoms with Crippen LogP contribution in [0.25, 0.3) is 33.4 Å². The molecule has 0 aliphatic carbocycles. The van der Waals surface area contributed by atoms with Crippen molar-refractivity contribution in [3.8, 4) is 16.9 Å². The van der Waals surface area contributed by atoms with Gasteiger partial charge < -0.3 is 14.6 Å². The Morgan fingerprint density at radius 3 is 2.80 bits per heavy atom. The van der Waals surface area contributed by atoms with Crippen LogP contribution < -0.4 is 0 Å². The Kier molecular flexibility index (Phi) is 6.57. The van der Waals surface area contributed by atoms with Crippen LogP contribution in [-0.2, 0) is 9.53 Å². The number of H-pyrrole nitrogens is 1. The fraction of sp³-hybridized carbons (Fsp3) is 0.300. The van der Waals surface area contributed by atoms with Gasteiger partial charge in [-0.2, -0.15) is 4.68 Å². The first-order valence-corrected chi connectivity index (χ1v) is 14.4. The zero-order chi connectivity index (χ0) is 30.7. The second kappa shape index (κ2) is 10.4. The Labute approximate surface area is 255 Å². The Balaban J connectivity index is 1.20. The zero-order valence-electron chi connectivity index (χ0n) is 24.0. The van der Waals surface area contributed by atoms with Crippen molar-refractivity contribution in [2.45, 2.75) is 57.7 Å². The Morgan fingerprint density at radius 1 is 1.18 bits per heavy atom. The van der Waals surface area contributed by atoms with E-state index in [0.717, 1.165) is 10.9 Å². The summed E-state index contributed by atoms with van der Waals surface area (Å²) >= 11 is 6.15. The molecule has 4 aromatic heterocycles.